The van der Waals surface area contributed by atoms with Crippen molar-refractivity contribution in [2.75, 3.05) is 26.9 Å². The summed E-state index contributed by atoms with van der Waals surface area (Å²) in [4.78, 5) is 4.21. The highest BCUT2D eigenvalue weighted by Gasteiger charge is 2.10. The summed E-state index contributed by atoms with van der Waals surface area (Å²) in [5, 5.41) is 3.47. The van der Waals surface area contributed by atoms with Crippen LogP contribution in [0.3, 0.4) is 0 Å². The molecule has 0 radical (unpaired) electrons. The van der Waals surface area contributed by atoms with Gasteiger partial charge in [-0.05, 0) is 27.2 Å². The van der Waals surface area contributed by atoms with E-state index in [0.717, 1.165) is 26.1 Å². The standard InChI is InChI=1S/C14H27N3O2/c1-14(2,3)16-11-13-10-15-12-17(13)6-5-7-19-9-8-18-4/h10,12,16H,5-9,11H2,1-4H3. The second-order valence-electron chi connectivity index (χ2n) is 5.64. The number of ether oxygens (including phenoxy) is 2. The molecule has 19 heavy (non-hydrogen) atoms. The zero-order chi connectivity index (χ0) is 14.1. The zero-order valence-electron chi connectivity index (χ0n) is 12.6. The van der Waals surface area contributed by atoms with E-state index in [1.165, 1.54) is 5.69 Å². The predicted molar refractivity (Wildman–Crippen MR) is 76.1 cm³/mol. The molecule has 1 rings (SSSR count). The summed E-state index contributed by atoms with van der Waals surface area (Å²) < 4.78 is 12.6. The minimum atomic E-state index is 0.123. The van der Waals surface area contributed by atoms with E-state index in [4.69, 9.17) is 9.47 Å². The molecular weight excluding hydrogens is 242 g/mol. The van der Waals surface area contributed by atoms with E-state index in [9.17, 15) is 0 Å². The van der Waals surface area contributed by atoms with E-state index in [-0.39, 0.29) is 5.54 Å². The monoisotopic (exact) mass is 269 g/mol. The number of aromatic nitrogens is 2. The lowest BCUT2D eigenvalue weighted by atomic mass is 10.1. The molecule has 0 aliphatic rings. The Hall–Kier alpha value is -0.910. The van der Waals surface area contributed by atoms with Crippen LogP contribution in [0.2, 0.25) is 0 Å². The van der Waals surface area contributed by atoms with Crippen LogP contribution in [0.5, 0.6) is 0 Å². The lowest BCUT2D eigenvalue weighted by Gasteiger charge is -2.21. The number of methoxy groups -OCH3 is 1. The normalized spacial score (nSPS) is 12.0. The van der Waals surface area contributed by atoms with Gasteiger partial charge in [0.15, 0.2) is 0 Å². The SMILES string of the molecule is COCCOCCCn1cncc1CNC(C)(C)C. The van der Waals surface area contributed by atoms with E-state index in [2.05, 4.69) is 35.6 Å². The summed E-state index contributed by atoms with van der Waals surface area (Å²) in [7, 11) is 1.68. The lowest BCUT2D eigenvalue weighted by Crippen LogP contribution is -2.35. The van der Waals surface area contributed by atoms with Crippen LogP contribution < -0.4 is 5.32 Å². The van der Waals surface area contributed by atoms with Crippen molar-refractivity contribution in [2.45, 2.75) is 45.8 Å². The van der Waals surface area contributed by atoms with Gasteiger partial charge in [-0.3, -0.25) is 0 Å². The van der Waals surface area contributed by atoms with Gasteiger partial charge in [-0.1, -0.05) is 0 Å². The van der Waals surface area contributed by atoms with Gasteiger partial charge in [0.25, 0.3) is 0 Å². The fraction of sp³-hybridized carbons (Fsp3) is 0.786. The summed E-state index contributed by atoms with van der Waals surface area (Å²) >= 11 is 0. The van der Waals surface area contributed by atoms with Gasteiger partial charge in [0.2, 0.25) is 0 Å². The van der Waals surface area contributed by atoms with Crippen molar-refractivity contribution >= 4 is 0 Å². The molecule has 0 aliphatic heterocycles. The van der Waals surface area contributed by atoms with Crippen molar-refractivity contribution in [1.82, 2.24) is 14.9 Å². The molecule has 110 valence electrons. The summed E-state index contributed by atoms with van der Waals surface area (Å²) in [5.41, 5.74) is 1.34. The van der Waals surface area contributed by atoms with Gasteiger partial charge in [0, 0.05) is 38.5 Å². The van der Waals surface area contributed by atoms with Crippen LogP contribution in [0.4, 0.5) is 0 Å². The molecule has 0 fully saturated rings. The number of hydrogen-bond donors (Lipinski definition) is 1. The first kappa shape index (κ1) is 16.1. The highest BCUT2D eigenvalue weighted by atomic mass is 16.5. The maximum atomic E-state index is 5.45. The first-order valence-electron chi connectivity index (χ1n) is 6.83. The third kappa shape index (κ3) is 7.30. The minimum Gasteiger partial charge on any atom is -0.382 e. The minimum absolute atomic E-state index is 0.123. The predicted octanol–water partition coefficient (Wildman–Crippen LogP) is 1.82. The summed E-state index contributed by atoms with van der Waals surface area (Å²) in [6, 6.07) is 0. The average molecular weight is 269 g/mol. The fourth-order valence-electron chi connectivity index (χ4n) is 1.63. The van der Waals surface area contributed by atoms with E-state index < -0.39 is 0 Å². The Bertz CT molecular complexity index is 345. The van der Waals surface area contributed by atoms with Crippen molar-refractivity contribution < 1.29 is 9.47 Å². The molecule has 0 saturated carbocycles. The Morgan fingerprint density at radius 3 is 2.74 bits per heavy atom. The van der Waals surface area contributed by atoms with Crippen LogP contribution >= 0.6 is 0 Å². The first-order valence-corrected chi connectivity index (χ1v) is 6.83. The largest absolute Gasteiger partial charge is 0.382 e. The highest BCUT2D eigenvalue weighted by Crippen LogP contribution is 2.05. The number of nitrogens with one attached hydrogen (secondary N) is 1. The van der Waals surface area contributed by atoms with Crippen molar-refractivity contribution in [3.8, 4) is 0 Å². The molecule has 0 unspecified atom stereocenters. The maximum Gasteiger partial charge on any atom is 0.0948 e. The highest BCUT2D eigenvalue weighted by molar-refractivity contribution is 4.98. The number of rotatable bonds is 9. The smallest absolute Gasteiger partial charge is 0.0948 e. The molecule has 0 saturated heterocycles. The van der Waals surface area contributed by atoms with Crippen molar-refractivity contribution in [3.05, 3.63) is 18.2 Å². The summed E-state index contributed by atoms with van der Waals surface area (Å²) in [6.45, 7) is 10.4. The van der Waals surface area contributed by atoms with Crippen molar-refractivity contribution in [1.29, 1.82) is 0 Å². The molecule has 1 aromatic rings. The molecule has 0 amide bonds. The second kappa shape index (κ2) is 8.30. The van der Waals surface area contributed by atoms with Crippen molar-refractivity contribution in [2.24, 2.45) is 0 Å². The molecule has 0 aliphatic carbocycles. The second-order valence-corrected chi connectivity index (χ2v) is 5.64. The van der Waals surface area contributed by atoms with E-state index >= 15 is 0 Å². The topological polar surface area (TPSA) is 48.3 Å². The van der Waals surface area contributed by atoms with Crippen LogP contribution in [-0.4, -0.2) is 42.0 Å². The van der Waals surface area contributed by atoms with Crippen LogP contribution in [0.1, 0.15) is 32.9 Å². The van der Waals surface area contributed by atoms with Gasteiger partial charge in [-0.25, -0.2) is 4.98 Å². The third-order valence-electron chi connectivity index (χ3n) is 2.72. The van der Waals surface area contributed by atoms with E-state index in [0.29, 0.717) is 13.2 Å². The van der Waals surface area contributed by atoms with Crippen molar-refractivity contribution in [3.63, 3.8) is 0 Å². The van der Waals surface area contributed by atoms with Gasteiger partial charge in [0.1, 0.15) is 0 Å². The lowest BCUT2D eigenvalue weighted by molar-refractivity contribution is 0.0679. The van der Waals surface area contributed by atoms with Gasteiger partial charge < -0.3 is 19.4 Å². The molecule has 5 heteroatoms. The first-order chi connectivity index (χ1) is 9.03. The number of hydrogen-bond acceptors (Lipinski definition) is 4. The zero-order valence-corrected chi connectivity index (χ0v) is 12.6. The average Bonchev–Trinajstić information content (AvgIpc) is 2.78. The summed E-state index contributed by atoms with van der Waals surface area (Å²) in [5.74, 6) is 0. The molecule has 5 nitrogen and oxygen atoms in total. The Kier molecular flexibility index (Phi) is 7.05. The van der Waals surface area contributed by atoms with Gasteiger partial charge >= 0.3 is 0 Å². The van der Waals surface area contributed by atoms with Crippen LogP contribution in [0.15, 0.2) is 12.5 Å². The molecule has 0 aromatic carbocycles. The van der Waals surface area contributed by atoms with Gasteiger partial charge in [-0.2, -0.15) is 0 Å². The fourth-order valence-corrected chi connectivity index (χ4v) is 1.63. The summed E-state index contributed by atoms with van der Waals surface area (Å²) in [6.07, 6.45) is 4.79. The molecule has 1 N–H and O–H groups in total. The molecule has 0 atom stereocenters. The van der Waals surface area contributed by atoms with E-state index in [1.807, 2.05) is 12.5 Å². The molecule has 0 spiro atoms. The maximum absolute atomic E-state index is 5.45. The van der Waals surface area contributed by atoms with Crippen LogP contribution in [0, 0.1) is 0 Å². The van der Waals surface area contributed by atoms with E-state index in [1.54, 1.807) is 7.11 Å². The Balaban J connectivity index is 2.25. The van der Waals surface area contributed by atoms with Gasteiger partial charge in [0.05, 0.1) is 25.2 Å². The number of nitrogens with zero attached hydrogens (tertiary/aromatic N) is 2. The quantitative estimate of drug-likeness (QED) is 0.695. The van der Waals surface area contributed by atoms with Gasteiger partial charge in [-0.15, -0.1) is 0 Å². The molecule has 1 heterocycles. The molecule has 1 aromatic heterocycles. The molecule has 0 bridgehead atoms. The number of imidazole rings is 1. The van der Waals surface area contributed by atoms with Crippen LogP contribution in [-0.2, 0) is 22.6 Å². The van der Waals surface area contributed by atoms with Crippen LogP contribution in [0.25, 0.3) is 0 Å². The Morgan fingerprint density at radius 1 is 1.26 bits per heavy atom. The Morgan fingerprint density at radius 2 is 2.05 bits per heavy atom. The Labute approximate surface area is 116 Å². The third-order valence-corrected chi connectivity index (χ3v) is 2.72. The molecular formula is C14H27N3O2. The number of aryl methyl sites for hydroxylation is 1.